The molecular formula is C53H48BN3. The molecule has 5 heterocycles. The van der Waals surface area contributed by atoms with E-state index in [1.165, 1.54) is 159 Å². The Bertz CT molecular complexity index is 2880. The van der Waals surface area contributed by atoms with E-state index in [1.807, 2.05) is 0 Å². The van der Waals surface area contributed by atoms with E-state index in [4.69, 9.17) is 4.98 Å². The van der Waals surface area contributed by atoms with Gasteiger partial charge in [-0.15, -0.1) is 0 Å². The molecule has 278 valence electrons. The molecule has 0 saturated heterocycles. The van der Waals surface area contributed by atoms with Gasteiger partial charge in [0.2, 0.25) is 0 Å². The molecule has 0 unspecified atom stereocenters. The van der Waals surface area contributed by atoms with Crippen LogP contribution >= 0.6 is 0 Å². The monoisotopic (exact) mass is 737 g/mol. The van der Waals surface area contributed by atoms with Crippen LogP contribution in [0.25, 0.3) is 21.7 Å². The summed E-state index contributed by atoms with van der Waals surface area (Å²) in [5.74, 6) is 0. The Labute approximate surface area is 336 Å². The van der Waals surface area contributed by atoms with Gasteiger partial charge in [-0.05, 0) is 87.9 Å². The van der Waals surface area contributed by atoms with Gasteiger partial charge < -0.3 is 9.80 Å². The van der Waals surface area contributed by atoms with Crippen molar-refractivity contribution in [1.82, 2.24) is 4.98 Å². The van der Waals surface area contributed by atoms with Crippen LogP contribution in [-0.4, -0.2) is 11.7 Å². The number of pyridine rings is 1. The number of hydrogen-bond donors (Lipinski definition) is 0. The van der Waals surface area contributed by atoms with Crippen LogP contribution in [0.15, 0.2) is 115 Å². The lowest BCUT2D eigenvalue weighted by Crippen LogP contribution is -2.63. The van der Waals surface area contributed by atoms with Gasteiger partial charge in [0.25, 0.3) is 6.71 Å². The van der Waals surface area contributed by atoms with Crippen molar-refractivity contribution in [2.45, 2.75) is 101 Å². The molecule has 13 rings (SSSR count). The van der Waals surface area contributed by atoms with Gasteiger partial charge in [-0.1, -0.05) is 156 Å². The molecule has 0 bridgehead atoms. The van der Waals surface area contributed by atoms with Crippen molar-refractivity contribution >= 4 is 78.9 Å². The Balaban J connectivity index is 1.24. The Morgan fingerprint density at radius 2 is 1.00 bits per heavy atom. The molecule has 7 aromatic rings. The molecule has 6 aliphatic rings. The first-order valence-electron chi connectivity index (χ1n) is 21.9. The van der Waals surface area contributed by atoms with E-state index in [2.05, 4.69) is 146 Å². The van der Waals surface area contributed by atoms with Gasteiger partial charge in [-0.25, -0.2) is 4.98 Å². The van der Waals surface area contributed by atoms with Gasteiger partial charge in [0.15, 0.2) is 0 Å². The fourth-order valence-corrected chi connectivity index (χ4v) is 13.2. The zero-order valence-corrected chi connectivity index (χ0v) is 33.5. The molecule has 4 aliphatic heterocycles. The second-order valence-corrected chi connectivity index (χ2v) is 19.2. The zero-order chi connectivity index (χ0) is 37.8. The second-order valence-electron chi connectivity index (χ2n) is 19.2. The minimum atomic E-state index is -0.138. The third kappa shape index (κ3) is 3.98. The van der Waals surface area contributed by atoms with Gasteiger partial charge in [0, 0.05) is 44.1 Å². The Kier molecular flexibility index (Phi) is 6.42. The number of para-hydroxylation sites is 4. The molecule has 0 amide bonds. The number of benzene rings is 6. The summed E-state index contributed by atoms with van der Waals surface area (Å²) in [6, 6.07) is 45.4. The normalized spacial score (nSPS) is 19.0. The number of nitrogens with zero attached hydrogens (tertiary/aromatic N) is 3. The van der Waals surface area contributed by atoms with Crippen LogP contribution in [0.4, 0.5) is 34.1 Å². The summed E-state index contributed by atoms with van der Waals surface area (Å²) >= 11 is 0. The van der Waals surface area contributed by atoms with Crippen LogP contribution in [0, 0.1) is 0 Å². The van der Waals surface area contributed by atoms with E-state index in [9.17, 15) is 0 Å². The average Bonchev–Trinajstić information content (AvgIpc) is 3.25. The van der Waals surface area contributed by atoms with Crippen molar-refractivity contribution in [3.8, 4) is 0 Å². The molecular weight excluding hydrogens is 689 g/mol. The predicted molar refractivity (Wildman–Crippen MR) is 240 cm³/mol. The molecule has 57 heavy (non-hydrogen) atoms. The first kappa shape index (κ1) is 32.7. The van der Waals surface area contributed by atoms with Gasteiger partial charge in [-0.2, -0.15) is 0 Å². The molecule has 6 aromatic carbocycles. The molecule has 1 aromatic heterocycles. The molecule has 2 fully saturated rings. The summed E-state index contributed by atoms with van der Waals surface area (Å²) in [6.07, 6.45) is 12.6. The van der Waals surface area contributed by atoms with Gasteiger partial charge in [0.05, 0.1) is 28.3 Å². The maximum atomic E-state index is 5.91. The van der Waals surface area contributed by atoms with Crippen LogP contribution in [0.3, 0.4) is 0 Å². The molecule has 2 aliphatic carbocycles. The van der Waals surface area contributed by atoms with E-state index in [0.717, 1.165) is 5.52 Å². The fraction of sp³-hybridized carbons (Fsp3) is 0.302. The smallest absolute Gasteiger partial charge is 0.252 e. The van der Waals surface area contributed by atoms with E-state index in [-0.39, 0.29) is 23.0 Å². The van der Waals surface area contributed by atoms with Gasteiger partial charge in [-0.3, -0.25) is 0 Å². The molecule has 0 N–H and O–H groups in total. The van der Waals surface area contributed by atoms with Gasteiger partial charge >= 0.3 is 0 Å². The number of rotatable bonds is 0. The SMILES string of the molecule is CC(C)(C)c1nc2c3c4c(cc2c2ccccc12)N1c2ccccc2C2(CCCCC2)c2cccc(c21)B4c1cccc2c1N3c1ccccc1C21CCCCC1. The summed E-state index contributed by atoms with van der Waals surface area (Å²) in [5.41, 5.74) is 20.8. The topological polar surface area (TPSA) is 19.4 Å². The Hall–Kier alpha value is -5.35. The molecule has 0 radical (unpaired) electrons. The van der Waals surface area contributed by atoms with Crippen molar-refractivity contribution in [3.05, 3.63) is 143 Å². The lowest BCUT2D eigenvalue weighted by atomic mass is 9.32. The third-order valence-corrected chi connectivity index (χ3v) is 15.4. The Morgan fingerprint density at radius 1 is 0.491 bits per heavy atom. The minimum absolute atomic E-state index is 0.0141. The maximum Gasteiger partial charge on any atom is 0.252 e. The fourth-order valence-electron chi connectivity index (χ4n) is 13.2. The highest BCUT2D eigenvalue weighted by Crippen LogP contribution is 2.62. The van der Waals surface area contributed by atoms with Gasteiger partial charge in [0.1, 0.15) is 0 Å². The summed E-state index contributed by atoms with van der Waals surface area (Å²) in [4.78, 5) is 11.4. The lowest BCUT2D eigenvalue weighted by Gasteiger charge is -2.54. The van der Waals surface area contributed by atoms with Crippen LogP contribution in [0.1, 0.15) is 113 Å². The largest absolute Gasteiger partial charge is 0.311 e. The van der Waals surface area contributed by atoms with E-state index in [1.54, 1.807) is 0 Å². The second kappa shape index (κ2) is 11.2. The summed E-state index contributed by atoms with van der Waals surface area (Å²) < 4.78 is 0. The van der Waals surface area contributed by atoms with Crippen molar-refractivity contribution in [2.24, 2.45) is 0 Å². The highest BCUT2D eigenvalue weighted by molar-refractivity contribution is 7.00. The maximum absolute atomic E-state index is 5.91. The van der Waals surface area contributed by atoms with Crippen molar-refractivity contribution < 1.29 is 0 Å². The average molecular weight is 738 g/mol. The molecule has 3 nitrogen and oxygen atoms in total. The lowest BCUT2D eigenvalue weighted by molar-refractivity contribution is 0.344. The number of hydrogen-bond acceptors (Lipinski definition) is 3. The summed E-state index contributed by atoms with van der Waals surface area (Å²) in [7, 11) is 0. The predicted octanol–water partition coefficient (Wildman–Crippen LogP) is 11.9. The van der Waals surface area contributed by atoms with Crippen molar-refractivity contribution in [3.63, 3.8) is 0 Å². The van der Waals surface area contributed by atoms with Crippen LogP contribution < -0.4 is 26.2 Å². The number of aromatic nitrogens is 1. The first-order chi connectivity index (χ1) is 27.9. The highest BCUT2D eigenvalue weighted by Gasteiger charge is 2.54. The highest BCUT2D eigenvalue weighted by atomic mass is 15.2. The molecule has 4 heteroatoms. The van der Waals surface area contributed by atoms with Crippen LogP contribution in [0.2, 0.25) is 0 Å². The summed E-state index contributed by atoms with van der Waals surface area (Å²) in [6.45, 7) is 7.10. The zero-order valence-electron chi connectivity index (χ0n) is 33.5. The molecule has 2 saturated carbocycles. The van der Waals surface area contributed by atoms with Crippen LogP contribution in [0.5, 0.6) is 0 Å². The van der Waals surface area contributed by atoms with Crippen LogP contribution in [-0.2, 0) is 16.2 Å². The quantitative estimate of drug-likeness (QED) is 0.114. The molecule has 0 atom stereocenters. The first-order valence-corrected chi connectivity index (χ1v) is 21.9. The number of fused-ring (bicyclic) bond motifs is 16. The minimum Gasteiger partial charge on any atom is -0.311 e. The summed E-state index contributed by atoms with van der Waals surface area (Å²) in [5, 5.41) is 3.80. The third-order valence-electron chi connectivity index (χ3n) is 15.4. The van der Waals surface area contributed by atoms with E-state index in [0.29, 0.717) is 0 Å². The van der Waals surface area contributed by atoms with Crippen molar-refractivity contribution in [2.75, 3.05) is 9.80 Å². The number of anilines is 6. The Morgan fingerprint density at radius 3 is 1.60 bits per heavy atom. The van der Waals surface area contributed by atoms with E-state index < -0.39 is 0 Å². The molecule has 2 spiro atoms. The standard InChI is InChI=1S/C53H48BN3/c1-51(2,3)50-34-19-7-6-18-33(34)35-32-44-45-49(46(35)55-50)57-43-27-11-9-21-37(43)53(30-14-5-15-31-53)39-23-17-25-41(48(39)57)54(45)40-24-16-22-38-47(40)56(44)42-26-10-8-20-36(42)52(38)28-12-4-13-29-52/h6-11,16-27,32H,4-5,12-15,28-31H2,1-3H3. The van der Waals surface area contributed by atoms with E-state index >= 15 is 0 Å². The van der Waals surface area contributed by atoms with Crippen molar-refractivity contribution in [1.29, 1.82) is 0 Å².